The van der Waals surface area contributed by atoms with E-state index in [1.807, 2.05) is 0 Å². The Kier molecular flexibility index (Phi) is 5.63. The minimum absolute atomic E-state index is 0.951. The smallest absolute Gasteiger partial charge is 0.0428 e. The van der Waals surface area contributed by atoms with Crippen LogP contribution in [0.1, 0.15) is 18.1 Å². The minimum Gasteiger partial charge on any atom is -0.370 e. The maximum atomic E-state index is 3.40. The van der Waals surface area contributed by atoms with Crippen molar-refractivity contribution >= 4 is 5.69 Å². The molecule has 2 aromatic rings. The highest BCUT2D eigenvalue weighted by Crippen LogP contribution is 2.17. The van der Waals surface area contributed by atoms with Gasteiger partial charge in [-0.1, -0.05) is 49.4 Å². The van der Waals surface area contributed by atoms with Crippen LogP contribution in [0.25, 0.3) is 0 Å². The molecule has 0 aliphatic rings. The third kappa shape index (κ3) is 4.10. The molecule has 1 N–H and O–H groups in total. The largest absolute Gasteiger partial charge is 0.370 e. The van der Waals surface area contributed by atoms with Crippen molar-refractivity contribution in [3.05, 3.63) is 65.7 Å². The Morgan fingerprint density at radius 2 is 1.55 bits per heavy atom. The van der Waals surface area contributed by atoms with Gasteiger partial charge >= 0.3 is 0 Å². The second-order valence-electron chi connectivity index (χ2n) is 5.06. The molecule has 0 spiro atoms. The molecule has 0 atom stereocenters. The molecule has 0 aliphatic carbocycles. The number of hydrogen-bond donors (Lipinski definition) is 1. The van der Waals surface area contributed by atoms with Crippen LogP contribution in [-0.2, 0) is 13.0 Å². The van der Waals surface area contributed by atoms with Gasteiger partial charge in [0.15, 0.2) is 0 Å². The van der Waals surface area contributed by atoms with E-state index in [0.29, 0.717) is 0 Å². The molecule has 2 rings (SSSR count). The molecule has 2 heteroatoms. The molecule has 0 fully saturated rings. The van der Waals surface area contributed by atoms with Crippen molar-refractivity contribution in [3.8, 4) is 0 Å². The molecule has 0 saturated carbocycles. The summed E-state index contributed by atoms with van der Waals surface area (Å²) in [7, 11) is 2.15. The van der Waals surface area contributed by atoms with Gasteiger partial charge in [0.25, 0.3) is 0 Å². The standard InChI is InChI=1S/C18H24N2/c1-3-19-14-13-16-9-7-8-10-17(16)15-20(2)18-11-5-4-6-12-18/h4-12,19H,3,13-15H2,1-2H3. The molecule has 20 heavy (non-hydrogen) atoms. The van der Waals surface area contributed by atoms with Crippen LogP contribution in [0.15, 0.2) is 54.6 Å². The van der Waals surface area contributed by atoms with E-state index in [0.717, 1.165) is 26.1 Å². The van der Waals surface area contributed by atoms with Crippen LogP contribution in [-0.4, -0.2) is 20.1 Å². The van der Waals surface area contributed by atoms with E-state index in [-0.39, 0.29) is 0 Å². The molecule has 2 aromatic carbocycles. The zero-order valence-corrected chi connectivity index (χ0v) is 12.5. The molecule has 0 amide bonds. The molecule has 0 heterocycles. The van der Waals surface area contributed by atoms with Crippen molar-refractivity contribution < 1.29 is 0 Å². The zero-order valence-electron chi connectivity index (χ0n) is 12.5. The van der Waals surface area contributed by atoms with E-state index in [1.165, 1.54) is 16.8 Å². The lowest BCUT2D eigenvalue weighted by Crippen LogP contribution is -2.20. The number of anilines is 1. The van der Waals surface area contributed by atoms with Gasteiger partial charge in [0, 0.05) is 19.3 Å². The molecule has 0 unspecified atom stereocenters. The number of para-hydroxylation sites is 1. The van der Waals surface area contributed by atoms with Gasteiger partial charge < -0.3 is 10.2 Å². The fourth-order valence-electron chi connectivity index (χ4n) is 2.38. The molecule has 0 radical (unpaired) electrons. The zero-order chi connectivity index (χ0) is 14.2. The Balaban J connectivity index is 2.05. The Morgan fingerprint density at radius 1 is 0.900 bits per heavy atom. The van der Waals surface area contributed by atoms with Gasteiger partial charge in [-0.05, 0) is 42.8 Å². The number of nitrogens with zero attached hydrogens (tertiary/aromatic N) is 1. The van der Waals surface area contributed by atoms with Gasteiger partial charge in [0.1, 0.15) is 0 Å². The number of benzene rings is 2. The van der Waals surface area contributed by atoms with Gasteiger partial charge in [0.2, 0.25) is 0 Å². The Labute approximate surface area is 122 Å². The third-order valence-electron chi connectivity index (χ3n) is 3.54. The normalized spacial score (nSPS) is 10.5. The van der Waals surface area contributed by atoms with Crippen molar-refractivity contribution in [2.24, 2.45) is 0 Å². The maximum absolute atomic E-state index is 3.40. The fraction of sp³-hybridized carbons (Fsp3) is 0.333. The Morgan fingerprint density at radius 3 is 2.25 bits per heavy atom. The van der Waals surface area contributed by atoms with Gasteiger partial charge in [-0.15, -0.1) is 0 Å². The van der Waals surface area contributed by atoms with Crippen LogP contribution in [0.5, 0.6) is 0 Å². The summed E-state index contributed by atoms with van der Waals surface area (Å²) >= 11 is 0. The average molecular weight is 268 g/mol. The summed E-state index contributed by atoms with van der Waals surface area (Å²) in [6.07, 6.45) is 1.09. The van der Waals surface area contributed by atoms with Gasteiger partial charge in [-0.25, -0.2) is 0 Å². The summed E-state index contributed by atoms with van der Waals surface area (Å²) in [5.74, 6) is 0. The number of nitrogens with one attached hydrogen (secondary N) is 1. The van der Waals surface area contributed by atoms with E-state index in [2.05, 4.69) is 78.8 Å². The van der Waals surface area contributed by atoms with Crippen LogP contribution in [0, 0.1) is 0 Å². The highest BCUT2D eigenvalue weighted by Gasteiger charge is 2.05. The first kappa shape index (κ1) is 14.6. The van der Waals surface area contributed by atoms with E-state index in [4.69, 9.17) is 0 Å². The molecule has 0 aliphatic heterocycles. The van der Waals surface area contributed by atoms with E-state index in [9.17, 15) is 0 Å². The summed E-state index contributed by atoms with van der Waals surface area (Å²) in [6, 6.07) is 19.3. The summed E-state index contributed by atoms with van der Waals surface area (Å²) < 4.78 is 0. The Hall–Kier alpha value is -1.80. The molecular formula is C18H24N2. The SMILES string of the molecule is CCNCCc1ccccc1CN(C)c1ccccc1. The second kappa shape index (κ2) is 7.71. The third-order valence-corrected chi connectivity index (χ3v) is 3.54. The van der Waals surface area contributed by atoms with Crippen molar-refractivity contribution in [3.63, 3.8) is 0 Å². The van der Waals surface area contributed by atoms with E-state index < -0.39 is 0 Å². The van der Waals surface area contributed by atoms with Gasteiger partial charge in [-0.3, -0.25) is 0 Å². The number of likely N-dealkylation sites (N-methyl/N-ethyl adjacent to an activating group) is 1. The predicted octanol–water partition coefficient (Wildman–Crippen LogP) is 3.48. The predicted molar refractivity (Wildman–Crippen MR) is 87.2 cm³/mol. The van der Waals surface area contributed by atoms with Crippen LogP contribution in [0.4, 0.5) is 5.69 Å². The monoisotopic (exact) mass is 268 g/mol. The molecular weight excluding hydrogens is 244 g/mol. The van der Waals surface area contributed by atoms with E-state index in [1.54, 1.807) is 0 Å². The first-order valence-electron chi connectivity index (χ1n) is 7.35. The molecule has 0 bridgehead atoms. The summed E-state index contributed by atoms with van der Waals surface area (Å²) in [6.45, 7) is 5.18. The highest BCUT2D eigenvalue weighted by atomic mass is 15.1. The summed E-state index contributed by atoms with van der Waals surface area (Å²) in [4.78, 5) is 2.30. The van der Waals surface area contributed by atoms with Gasteiger partial charge in [0.05, 0.1) is 0 Å². The molecule has 0 aromatic heterocycles. The number of hydrogen-bond acceptors (Lipinski definition) is 2. The lowest BCUT2D eigenvalue weighted by Gasteiger charge is -2.21. The van der Waals surface area contributed by atoms with Crippen LogP contribution in [0.3, 0.4) is 0 Å². The van der Waals surface area contributed by atoms with Crippen molar-refractivity contribution in [2.45, 2.75) is 19.9 Å². The average Bonchev–Trinajstić information content (AvgIpc) is 2.50. The van der Waals surface area contributed by atoms with Crippen LogP contribution >= 0.6 is 0 Å². The minimum atomic E-state index is 0.951. The van der Waals surface area contributed by atoms with Crippen molar-refractivity contribution in [2.75, 3.05) is 25.0 Å². The number of rotatable bonds is 7. The molecule has 0 saturated heterocycles. The van der Waals surface area contributed by atoms with Crippen molar-refractivity contribution in [1.29, 1.82) is 0 Å². The first-order chi connectivity index (χ1) is 9.81. The lowest BCUT2D eigenvalue weighted by atomic mass is 10.0. The van der Waals surface area contributed by atoms with Crippen molar-refractivity contribution in [1.82, 2.24) is 5.32 Å². The van der Waals surface area contributed by atoms with E-state index >= 15 is 0 Å². The first-order valence-corrected chi connectivity index (χ1v) is 7.35. The quantitative estimate of drug-likeness (QED) is 0.773. The molecule has 2 nitrogen and oxygen atoms in total. The topological polar surface area (TPSA) is 15.3 Å². The lowest BCUT2D eigenvalue weighted by molar-refractivity contribution is 0.712. The van der Waals surface area contributed by atoms with Crippen LogP contribution < -0.4 is 10.2 Å². The second-order valence-corrected chi connectivity index (χ2v) is 5.06. The van der Waals surface area contributed by atoms with Gasteiger partial charge in [-0.2, -0.15) is 0 Å². The summed E-state index contributed by atoms with van der Waals surface area (Å²) in [5.41, 5.74) is 4.11. The Bertz CT molecular complexity index is 508. The highest BCUT2D eigenvalue weighted by molar-refractivity contribution is 5.46. The maximum Gasteiger partial charge on any atom is 0.0428 e. The fourth-order valence-corrected chi connectivity index (χ4v) is 2.38. The molecule has 106 valence electrons. The summed E-state index contributed by atoms with van der Waals surface area (Å²) in [5, 5.41) is 3.40. The van der Waals surface area contributed by atoms with Crippen LogP contribution in [0.2, 0.25) is 0 Å².